The topological polar surface area (TPSA) is 82.1 Å². The summed E-state index contributed by atoms with van der Waals surface area (Å²) in [5.74, 6) is -0.681. The number of amides is 2. The van der Waals surface area contributed by atoms with E-state index < -0.39 is 17.7 Å². The second kappa shape index (κ2) is 11.4. The molecule has 0 spiro atoms. The van der Waals surface area contributed by atoms with Crippen LogP contribution in [0.3, 0.4) is 0 Å². The number of imide groups is 1. The van der Waals surface area contributed by atoms with E-state index in [1.165, 1.54) is 31.4 Å². The van der Waals surface area contributed by atoms with E-state index in [1.807, 2.05) is 42.5 Å². The molecule has 0 aliphatic carbocycles. The van der Waals surface area contributed by atoms with Crippen molar-refractivity contribution in [2.75, 3.05) is 20.3 Å². The first-order valence-corrected chi connectivity index (χ1v) is 12.8. The molecule has 4 aromatic rings. The molecular weight excluding hydrogens is 521 g/mol. The second-order valence-corrected chi connectivity index (χ2v) is 9.46. The van der Waals surface area contributed by atoms with Crippen LogP contribution in [0.1, 0.15) is 15.9 Å². The molecule has 0 unspecified atom stereocenters. The van der Waals surface area contributed by atoms with Crippen LogP contribution in [-0.4, -0.2) is 42.3 Å². The normalized spacial score (nSPS) is 14.2. The fourth-order valence-corrected chi connectivity index (χ4v) is 4.91. The van der Waals surface area contributed by atoms with Gasteiger partial charge in [0.2, 0.25) is 0 Å². The maximum atomic E-state index is 13.4. The summed E-state index contributed by atoms with van der Waals surface area (Å²) in [6, 6.07) is 23.4. The molecule has 7 nitrogen and oxygen atoms in total. The van der Waals surface area contributed by atoms with E-state index >= 15 is 0 Å². The minimum atomic E-state index is -0.743. The van der Waals surface area contributed by atoms with E-state index in [4.69, 9.17) is 14.2 Å². The first-order chi connectivity index (χ1) is 18.9. The lowest BCUT2D eigenvalue weighted by Crippen LogP contribution is -2.32. The van der Waals surface area contributed by atoms with E-state index in [9.17, 15) is 18.8 Å². The zero-order valence-corrected chi connectivity index (χ0v) is 21.6. The Hall–Kier alpha value is -4.63. The van der Waals surface area contributed by atoms with E-state index in [1.54, 1.807) is 18.2 Å². The Morgan fingerprint density at radius 3 is 2.54 bits per heavy atom. The highest BCUT2D eigenvalue weighted by Crippen LogP contribution is 2.35. The highest BCUT2D eigenvalue weighted by molar-refractivity contribution is 8.18. The summed E-state index contributed by atoms with van der Waals surface area (Å²) in [5.41, 5.74) is 0.620. The number of thioether (sulfide) groups is 1. The lowest BCUT2D eigenvalue weighted by Gasteiger charge is -2.14. The Bertz CT molecular complexity index is 1610. The molecule has 1 aliphatic rings. The van der Waals surface area contributed by atoms with E-state index in [0.717, 1.165) is 33.5 Å². The lowest BCUT2D eigenvalue weighted by molar-refractivity contribution is -0.123. The number of carbonyl (C=O) groups excluding carboxylic acids is 3. The Labute approximate surface area is 227 Å². The number of nitrogens with zero attached hydrogens (tertiary/aromatic N) is 1. The summed E-state index contributed by atoms with van der Waals surface area (Å²) in [5, 5.41) is 1.60. The molecule has 9 heteroatoms. The third-order valence-corrected chi connectivity index (χ3v) is 6.85. The average molecular weight is 544 g/mol. The van der Waals surface area contributed by atoms with Gasteiger partial charge in [-0.3, -0.25) is 14.5 Å². The van der Waals surface area contributed by atoms with Crippen LogP contribution in [0.25, 0.3) is 16.8 Å². The van der Waals surface area contributed by atoms with Gasteiger partial charge < -0.3 is 14.2 Å². The van der Waals surface area contributed by atoms with Crippen molar-refractivity contribution in [2.45, 2.75) is 0 Å². The van der Waals surface area contributed by atoms with Crippen molar-refractivity contribution in [1.82, 2.24) is 4.90 Å². The van der Waals surface area contributed by atoms with Crippen molar-refractivity contribution in [3.8, 4) is 17.2 Å². The molecule has 0 radical (unpaired) electrons. The molecule has 1 fully saturated rings. The van der Waals surface area contributed by atoms with Gasteiger partial charge in [0, 0.05) is 5.39 Å². The van der Waals surface area contributed by atoms with Gasteiger partial charge in [-0.1, -0.05) is 48.5 Å². The Morgan fingerprint density at radius 2 is 1.72 bits per heavy atom. The molecule has 0 aromatic heterocycles. The first-order valence-electron chi connectivity index (χ1n) is 11.9. The number of hydrogen-bond acceptors (Lipinski definition) is 7. The molecule has 0 N–H and O–H groups in total. The molecular formula is C30H22FNO6S. The highest BCUT2D eigenvalue weighted by atomic mass is 32.2. The SMILES string of the molecule is COc1cc(/C=C2\SC(=O)N(CCOc3cccc4ccccc34)C2=O)ccc1OC(=O)c1cccc(F)c1. The first kappa shape index (κ1) is 26.0. The van der Waals surface area contributed by atoms with Crippen molar-refractivity contribution < 1.29 is 33.0 Å². The van der Waals surface area contributed by atoms with Crippen molar-refractivity contribution in [3.05, 3.63) is 107 Å². The largest absolute Gasteiger partial charge is 0.493 e. The van der Waals surface area contributed by atoms with Crippen LogP contribution in [0.2, 0.25) is 0 Å². The van der Waals surface area contributed by atoms with Crippen LogP contribution >= 0.6 is 11.8 Å². The number of halogens is 1. The number of methoxy groups -OCH3 is 1. The fraction of sp³-hybridized carbons (Fsp3) is 0.100. The number of esters is 1. The van der Waals surface area contributed by atoms with Crippen molar-refractivity contribution in [2.24, 2.45) is 0 Å². The summed E-state index contributed by atoms with van der Waals surface area (Å²) in [6.45, 7) is 0.252. The van der Waals surface area contributed by atoms with Gasteiger partial charge in [0.25, 0.3) is 11.1 Å². The number of rotatable bonds is 8. The number of benzene rings is 4. The summed E-state index contributed by atoms with van der Waals surface area (Å²) in [4.78, 5) is 39.3. The van der Waals surface area contributed by atoms with E-state index in [0.29, 0.717) is 11.3 Å². The van der Waals surface area contributed by atoms with E-state index in [-0.39, 0.29) is 40.4 Å². The molecule has 0 bridgehead atoms. The minimum absolute atomic E-state index is 0.0548. The molecule has 4 aromatic carbocycles. The van der Waals surface area contributed by atoms with Crippen LogP contribution in [0.5, 0.6) is 17.2 Å². The molecule has 1 heterocycles. The predicted octanol–water partition coefficient (Wildman–Crippen LogP) is 6.32. The molecule has 0 atom stereocenters. The Morgan fingerprint density at radius 1 is 0.923 bits per heavy atom. The quantitative estimate of drug-likeness (QED) is 0.146. The molecule has 5 rings (SSSR count). The predicted molar refractivity (Wildman–Crippen MR) is 146 cm³/mol. The van der Waals surface area contributed by atoms with Crippen molar-refractivity contribution >= 4 is 45.7 Å². The lowest BCUT2D eigenvalue weighted by atomic mass is 10.1. The van der Waals surface area contributed by atoms with Crippen LogP contribution in [0, 0.1) is 5.82 Å². The second-order valence-electron chi connectivity index (χ2n) is 8.47. The maximum absolute atomic E-state index is 13.4. The molecule has 196 valence electrons. The number of carbonyl (C=O) groups is 3. The average Bonchev–Trinajstić information content (AvgIpc) is 3.21. The minimum Gasteiger partial charge on any atom is -0.493 e. The smallest absolute Gasteiger partial charge is 0.343 e. The van der Waals surface area contributed by atoms with Gasteiger partial charge in [0.05, 0.1) is 24.1 Å². The number of ether oxygens (including phenoxy) is 3. The van der Waals surface area contributed by atoms with Crippen molar-refractivity contribution in [1.29, 1.82) is 0 Å². The van der Waals surface area contributed by atoms with Gasteiger partial charge in [-0.25, -0.2) is 9.18 Å². The summed E-state index contributed by atoms with van der Waals surface area (Å²) < 4.78 is 30.0. The molecule has 1 saturated heterocycles. The Kier molecular flexibility index (Phi) is 7.60. The fourth-order valence-electron chi connectivity index (χ4n) is 4.05. The monoisotopic (exact) mass is 543 g/mol. The van der Waals surface area contributed by atoms with Gasteiger partial charge in [-0.2, -0.15) is 0 Å². The zero-order chi connectivity index (χ0) is 27.4. The molecule has 39 heavy (non-hydrogen) atoms. The standard InChI is InChI=1S/C30H22FNO6S/c1-36-26-16-19(12-13-25(26)38-29(34)21-8-4-9-22(31)18-21)17-27-28(33)32(30(35)39-27)14-15-37-24-11-5-7-20-6-2-3-10-23(20)24/h2-13,16-18H,14-15H2,1H3/b27-17-. The summed E-state index contributed by atoms with van der Waals surface area (Å²) in [7, 11) is 1.41. The summed E-state index contributed by atoms with van der Waals surface area (Å²) >= 11 is 0.834. The molecule has 0 saturated carbocycles. The van der Waals surface area contributed by atoms with Crippen LogP contribution in [0.4, 0.5) is 9.18 Å². The van der Waals surface area contributed by atoms with Gasteiger partial charge in [0.15, 0.2) is 11.5 Å². The van der Waals surface area contributed by atoms with Crippen LogP contribution < -0.4 is 14.2 Å². The van der Waals surface area contributed by atoms with Crippen LogP contribution in [-0.2, 0) is 4.79 Å². The van der Waals surface area contributed by atoms with Gasteiger partial charge in [0.1, 0.15) is 18.2 Å². The number of fused-ring (bicyclic) bond motifs is 1. The number of hydrogen-bond donors (Lipinski definition) is 0. The highest BCUT2D eigenvalue weighted by Gasteiger charge is 2.35. The third kappa shape index (κ3) is 5.78. The van der Waals surface area contributed by atoms with Crippen LogP contribution in [0.15, 0.2) is 89.8 Å². The molecule has 1 aliphatic heterocycles. The Balaban J connectivity index is 1.25. The molecule has 2 amide bonds. The maximum Gasteiger partial charge on any atom is 0.343 e. The van der Waals surface area contributed by atoms with Crippen molar-refractivity contribution in [3.63, 3.8) is 0 Å². The summed E-state index contributed by atoms with van der Waals surface area (Å²) in [6.07, 6.45) is 1.57. The van der Waals surface area contributed by atoms with Gasteiger partial charge in [-0.15, -0.1) is 0 Å². The third-order valence-electron chi connectivity index (χ3n) is 5.94. The zero-order valence-electron chi connectivity index (χ0n) is 20.8. The van der Waals surface area contributed by atoms with Gasteiger partial charge in [-0.05, 0) is 65.2 Å². The van der Waals surface area contributed by atoms with E-state index in [2.05, 4.69) is 0 Å². The van der Waals surface area contributed by atoms with Gasteiger partial charge >= 0.3 is 5.97 Å².